The van der Waals surface area contributed by atoms with Crippen LogP contribution in [0.25, 0.3) is 0 Å². The van der Waals surface area contributed by atoms with Crippen molar-refractivity contribution in [2.24, 2.45) is 0 Å². The molecule has 0 aromatic heterocycles. The first-order chi connectivity index (χ1) is 10.8. The van der Waals surface area contributed by atoms with E-state index in [4.69, 9.17) is 4.74 Å². The molecule has 0 aliphatic carbocycles. The van der Waals surface area contributed by atoms with Gasteiger partial charge in [-0.3, -0.25) is 4.79 Å². The van der Waals surface area contributed by atoms with Crippen LogP contribution in [0.2, 0.25) is 0 Å². The maximum Gasteiger partial charge on any atom is 0.306 e. The summed E-state index contributed by atoms with van der Waals surface area (Å²) in [5.74, 6) is 6.22. The molecule has 0 aromatic carbocycles. The zero-order chi connectivity index (χ0) is 15.9. The second-order valence-electron chi connectivity index (χ2n) is 6.18. The quantitative estimate of drug-likeness (QED) is 0.386. The molecule has 2 heteroatoms. The summed E-state index contributed by atoms with van der Waals surface area (Å²) in [5, 5.41) is 0. The molecule has 1 aliphatic heterocycles. The lowest BCUT2D eigenvalue weighted by molar-refractivity contribution is -0.147. The minimum atomic E-state index is -0.0961. The van der Waals surface area contributed by atoms with E-state index in [0.29, 0.717) is 6.42 Å². The lowest BCUT2D eigenvalue weighted by Gasteiger charge is -2.14. The molecule has 1 atom stereocenters. The minimum absolute atomic E-state index is 0.0498. The third kappa shape index (κ3) is 10.5. The highest BCUT2D eigenvalue weighted by atomic mass is 16.5. The van der Waals surface area contributed by atoms with Crippen LogP contribution in [-0.4, -0.2) is 12.1 Å². The van der Waals surface area contributed by atoms with E-state index >= 15 is 0 Å². The fourth-order valence-electron chi connectivity index (χ4n) is 2.67. The third-order valence-corrected chi connectivity index (χ3v) is 4.05. The van der Waals surface area contributed by atoms with Crippen molar-refractivity contribution in [3.8, 4) is 11.8 Å². The molecule has 0 aromatic rings. The maximum absolute atomic E-state index is 11.9. The van der Waals surface area contributed by atoms with Crippen LogP contribution in [0, 0.1) is 11.8 Å². The Hall–Kier alpha value is -1.23. The second-order valence-corrected chi connectivity index (χ2v) is 6.18. The highest BCUT2D eigenvalue weighted by molar-refractivity contribution is 5.69. The van der Waals surface area contributed by atoms with Crippen LogP contribution < -0.4 is 0 Å². The van der Waals surface area contributed by atoms with E-state index in [1.165, 1.54) is 44.9 Å². The van der Waals surface area contributed by atoms with E-state index in [-0.39, 0.29) is 12.1 Å². The predicted octanol–water partition coefficient (Wildman–Crippen LogP) is 5.56. The number of hydrogen-bond acceptors (Lipinski definition) is 2. The first kappa shape index (κ1) is 18.8. The molecule has 0 N–H and O–H groups in total. The van der Waals surface area contributed by atoms with Crippen LogP contribution in [0.1, 0.15) is 90.4 Å². The summed E-state index contributed by atoms with van der Waals surface area (Å²) in [4.78, 5) is 11.9. The normalized spacial score (nSPS) is 23.1. The molecule has 0 spiro atoms. The van der Waals surface area contributed by atoms with Crippen LogP contribution >= 0.6 is 0 Å². The Morgan fingerprint density at radius 3 is 2.59 bits per heavy atom. The molecule has 0 radical (unpaired) electrons. The molecule has 124 valence electrons. The Balaban J connectivity index is 2.51. The summed E-state index contributed by atoms with van der Waals surface area (Å²) >= 11 is 0. The summed E-state index contributed by atoms with van der Waals surface area (Å²) in [6.07, 6.45) is 18.1. The number of carbonyl (C=O) groups is 1. The lowest BCUT2D eigenvalue weighted by Crippen LogP contribution is -2.16. The molecular formula is C20H32O2. The Kier molecular flexibility index (Phi) is 11.5. The van der Waals surface area contributed by atoms with Gasteiger partial charge >= 0.3 is 5.97 Å². The van der Waals surface area contributed by atoms with Gasteiger partial charge in [-0.05, 0) is 37.8 Å². The van der Waals surface area contributed by atoms with Gasteiger partial charge in [0.1, 0.15) is 6.10 Å². The Morgan fingerprint density at radius 1 is 1.09 bits per heavy atom. The fraction of sp³-hybridized carbons (Fsp3) is 0.750. The second kappa shape index (κ2) is 13.4. The molecule has 0 fully saturated rings. The third-order valence-electron chi connectivity index (χ3n) is 4.05. The number of esters is 1. The van der Waals surface area contributed by atoms with Crippen molar-refractivity contribution in [3.05, 3.63) is 12.2 Å². The molecule has 0 saturated carbocycles. The lowest BCUT2D eigenvalue weighted by atomic mass is 10.1. The molecule has 0 amide bonds. The highest BCUT2D eigenvalue weighted by Crippen LogP contribution is 2.13. The molecule has 1 aliphatic rings. The molecule has 2 nitrogen and oxygen atoms in total. The van der Waals surface area contributed by atoms with Gasteiger partial charge in [0.05, 0.1) is 0 Å². The predicted molar refractivity (Wildman–Crippen MR) is 92.5 cm³/mol. The van der Waals surface area contributed by atoms with Crippen LogP contribution in [0.3, 0.4) is 0 Å². The van der Waals surface area contributed by atoms with Gasteiger partial charge in [-0.2, -0.15) is 0 Å². The minimum Gasteiger partial charge on any atom is -0.458 e. The Labute approximate surface area is 136 Å². The first-order valence-electron chi connectivity index (χ1n) is 9.17. The molecule has 0 saturated heterocycles. The SMILES string of the molecule is CCCCC[C@H]1/C=C\C#CCCCCCCCCCC(=O)O1. The number of cyclic esters (lactones) is 1. The number of hydrogen-bond donors (Lipinski definition) is 0. The van der Waals surface area contributed by atoms with Crippen LogP contribution in [0.5, 0.6) is 0 Å². The summed E-state index contributed by atoms with van der Waals surface area (Å²) in [7, 11) is 0. The standard InChI is InChI=1S/C20H32O2/c1-2-3-13-16-19-17-14-11-9-7-5-4-6-8-10-12-15-18-20(21)22-19/h14,17,19H,2-8,10,12-13,15-16,18H2,1H3/b17-14-/t19-/m0/s1. The summed E-state index contributed by atoms with van der Waals surface area (Å²) < 4.78 is 5.60. The molecule has 1 heterocycles. The van der Waals surface area contributed by atoms with Gasteiger partial charge in [-0.15, -0.1) is 0 Å². The van der Waals surface area contributed by atoms with Gasteiger partial charge in [0, 0.05) is 12.8 Å². The Bertz CT molecular complexity index is 373. The fourth-order valence-corrected chi connectivity index (χ4v) is 2.67. The van der Waals surface area contributed by atoms with Crippen molar-refractivity contribution in [1.82, 2.24) is 0 Å². The van der Waals surface area contributed by atoms with Gasteiger partial charge in [0.15, 0.2) is 0 Å². The van der Waals surface area contributed by atoms with E-state index in [2.05, 4.69) is 18.8 Å². The molecule has 0 unspecified atom stereocenters. The van der Waals surface area contributed by atoms with E-state index in [1.807, 2.05) is 12.2 Å². The molecule has 0 bridgehead atoms. The van der Waals surface area contributed by atoms with Crippen LogP contribution in [-0.2, 0) is 9.53 Å². The monoisotopic (exact) mass is 304 g/mol. The van der Waals surface area contributed by atoms with E-state index in [9.17, 15) is 4.79 Å². The number of ether oxygens (including phenoxy) is 1. The van der Waals surface area contributed by atoms with Gasteiger partial charge < -0.3 is 4.74 Å². The average molecular weight is 304 g/mol. The molecule has 1 rings (SSSR count). The smallest absolute Gasteiger partial charge is 0.306 e. The van der Waals surface area contributed by atoms with Gasteiger partial charge in [-0.25, -0.2) is 0 Å². The zero-order valence-corrected chi connectivity index (χ0v) is 14.2. The van der Waals surface area contributed by atoms with Crippen molar-refractivity contribution < 1.29 is 9.53 Å². The van der Waals surface area contributed by atoms with E-state index < -0.39 is 0 Å². The number of unbranched alkanes of at least 4 members (excludes halogenated alkanes) is 2. The Morgan fingerprint density at radius 2 is 1.82 bits per heavy atom. The molecule has 22 heavy (non-hydrogen) atoms. The molecular weight excluding hydrogens is 272 g/mol. The van der Waals surface area contributed by atoms with Gasteiger partial charge in [0.25, 0.3) is 0 Å². The largest absolute Gasteiger partial charge is 0.458 e. The maximum atomic E-state index is 11.9. The summed E-state index contributed by atoms with van der Waals surface area (Å²) in [5.41, 5.74) is 0. The first-order valence-corrected chi connectivity index (χ1v) is 9.17. The van der Waals surface area contributed by atoms with Gasteiger partial charge in [0.2, 0.25) is 0 Å². The average Bonchev–Trinajstić information content (AvgIpc) is 2.50. The highest BCUT2D eigenvalue weighted by Gasteiger charge is 2.11. The van der Waals surface area contributed by atoms with Crippen molar-refractivity contribution in [3.63, 3.8) is 0 Å². The van der Waals surface area contributed by atoms with Crippen molar-refractivity contribution in [2.45, 2.75) is 96.5 Å². The van der Waals surface area contributed by atoms with E-state index in [0.717, 1.165) is 32.1 Å². The number of allylic oxidation sites excluding steroid dienone is 1. The zero-order valence-electron chi connectivity index (χ0n) is 14.2. The van der Waals surface area contributed by atoms with E-state index in [1.54, 1.807) is 0 Å². The van der Waals surface area contributed by atoms with Crippen molar-refractivity contribution >= 4 is 5.97 Å². The number of carbonyl (C=O) groups excluding carboxylic acids is 1. The summed E-state index contributed by atoms with van der Waals surface area (Å²) in [6, 6.07) is 0. The summed E-state index contributed by atoms with van der Waals surface area (Å²) in [6.45, 7) is 2.19. The van der Waals surface area contributed by atoms with Crippen molar-refractivity contribution in [1.29, 1.82) is 0 Å². The van der Waals surface area contributed by atoms with Gasteiger partial charge in [-0.1, -0.05) is 63.7 Å². The van der Waals surface area contributed by atoms with Crippen LogP contribution in [0.15, 0.2) is 12.2 Å². The van der Waals surface area contributed by atoms with Crippen LogP contribution in [0.4, 0.5) is 0 Å². The number of rotatable bonds is 4. The van der Waals surface area contributed by atoms with Crippen molar-refractivity contribution in [2.75, 3.05) is 0 Å². The topological polar surface area (TPSA) is 26.3 Å².